The Bertz CT molecular complexity index is 215. The quantitative estimate of drug-likeness (QED) is 0.780. The van der Waals surface area contributed by atoms with Gasteiger partial charge in [-0.2, -0.15) is 0 Å². The van der Waals surface area contributed by atoms with Crippen LogP contribution in [0.15, 0.2) is 0 Å². The molecule has 1 unspecified atom stereocenters. The van der Waals surface area contributed by atoms with Gasteiger partial charge in [-0.05, 0) is 70.0 Å². The largest absolute Gasteiger partial charge is 0.314 e. The highest BCUT2D eigenvalue weighted by Crippen LogP contribution is 2.26. The second kappa shape index (κ2) is 7.49. The summed E-state index contributed by atoms with van der Waals surface area (Å²) in [5.74, 6) is 1.83. The van der Waals surface area contributed by atoms with Crippen LogP contribution >= 0.6 is 0 Å². The van der Waals surface area contributed by atoms with Gasteiger partial charge in [0.15, 0.2) is 0 Å². The van der Waals surface area contributed by atoms with Crippen molar-refractivity contribution in [3.63, 3.8) is 0 Å². The monoisotopic (exact) mass is 252 g/mol. The maximum absolute atomic E-state index is 3.81. The summed E-state index contributed by atoms with van der Waals surface area (Å²) in [5.41, 5.74) is 0. The molecule has 1 heterocycles. The van der Waals surface area contributed by atoms with E-state index in [9.17, 15) is 0 Å². The minimum atomic E-state index is 0.812. The van der Waals surface area contributed by atoms with E-state index in [4.69, 9.17) is 0 Å². The standard InChI is InChI=1S/C16H32N2/c1-3-15-6-8-16(9-7-15)17-12-14(2)13-18-10-4-5-11-18/h14-17H,3-13H2,1-2H3. The van der Waals surface area contributed by atoms with Crippen molar-refractivity contribution < 1.29 is 0 Å². The third-order valence-electron chi connectivity index (χ3n) is 4.95. The van der Waals surface area contributed by atoms with Crippen LogP contribution in [-0.2, 0) is 0 Å². The summed E-state index contributed by atoms with van der Waals surface area (Å²) < 4.78 is 0. The van der Waals surface area contributed by atoms with Gasteiger partial charge in [-0.1, -0.05) is 20.3 Å². The Hall–Kier alpha value is -0.0800. The van der Waals surface area contributed by atoms with Crippen molar-refractivity contribution in [2.24, 2.45) is 11.8 Å². The molecule has 0 aromatic heterocycles. The van der Waals surface area contributed by atoms with Crippen molar-refractivity contribution in [1.82, 2.24) is 10.2 Å². The molecule has 0 amide bonds. The summed E-state index contributed by atoms with van der Waals surface area (Å²) in [5, 5.41) is 3.81. The van der Waals surface area contributed by atoms with Crippen LogP contribution in [0, 0.1) is 11.8 Å². The highest BCUT2D eigenvalue weighted by molar-refractivity contribution is 4.78. The van der Waals surface area contributed by atoms with E-state index in [1.165, 1.54) is 71.1 Å². The molecule has 1 N–H and O–H groups in total. The lowest BCUT2D eigenvalue weighted by Gasteiger charge is -2.30. The molecule has 1 atom stereocenters. The van der Waals surface area contributed by atoms with E-state index in [1.54, 1.807) is 0 Å². The van der Waals surface area contributed by atoms with Gasteiger partial charge >= 0.3 is 0 Å². The van der Waals surface area contributed by atoms with E-state index in [1.807, 2.05) is 0 Å². The van der Waals surface area contributed by atoms with Gasteiger partial charge in [0, 0.05) is 12.6 Å². The lowest BCUT2D eigenvalue weighted by atomic mass is 9.84. The van der Waals surface area contributed by atoms with Gasteiger partial charge in [0.2, 0.25) is 0 Å². The average molecular weight is 252 g/mol. The molecule has 0 bridgehead atoms. The lowest BCUT2D eigenvalue weighted by molar-refractivity contribution is 0.251. The number of hydrogen-bond acceptors (Lipinski definition) is 2. The molecule has 2 fully saturated rings. The fraction of sp³-hybridized carbons (Fsp3) is 1.00. The first-order valence-electron chi connectivity index (χ1n) is 8.23. The minimum absolute atomic E-state index is 0.812. The Morgan fingerprint density at radius 2 is 1.78 bits per heavy atom. The highest BCUT2D eigenvalue weighted by atomic mass is 15.1. The average Bonchev–Trinajstić information content (AvgIpc) is 2.90. The summed E-state index contributed by atoms with van der Waals surface area (Å²) >= 11 is 0. The fourth-order valence-corrected chi connectivity index (χ4v) is 3.61. The second-order valence-corrected chi connectivity index (χ2v) is 6.65. The van der Waals surface area contributed by atoms with Crippen molar-refractivity contribution in [2.75, 3.05) is 26.2 Å². The molecule has 1 saturated heterocycles. The number of nitrogens with zero attached hydrogens (tertiary/aromatic N) is 1. The van der Waals surface area contributed by atoms with Gasteiger partial charge in [0.05, 0.1) is 0 Å². The molecule has 1 saturated carbocycles. The topological polar surface area (TPSA) is 15.3 Å². The van der Waals surface area contributed by atoms with Gasteiger partial charge in [0.25, 0.3) is 0 Å². The van der Waals surface area contributed by atoms with E-state index in [-0.39, 0.29) is 0 Å². The van der Waals surface area contributed by atoms with Crippen molar-refractivity contribution >= 4 is 0 Å². The Morgan fingerprint density at radius 3 is 2.39 bits per heavy atom. The lowest BCUT2D eigenvalue weighted by Crippen LogP contribution is -2.38. The maximum Gasteiger partial charge on any atom is 0.00673 e. The van der Waals surface area contributed by atoms with Crippen LogP contribution in [-0.4, -0.2) is 37.1 Å². The van der Waals surface area contributed by atoms with E-state index < -0.39 is 0 Å². The molecule has 2 heteroatoms. The summed E-state index contributed by atoms with van der Waals surface area (Å²) in [6, 6.07) is 0.814. The zero-order chi connectivity index (χ0) is 12.8. The zero-order valence-electron chi connectivity index (χ0n) is 12.5. The third-order valence-corrected chi connectivity index (χ3v) is 4.95. The van der Waals surface area contributed by atoms with Crippen LogP contribution in [0.5, 0.6) is 0 Å². The minimum Gasteiger partial charge on any atom is -0.314 e. The third kappa shape index (κ3) is 4.55. The Kier molecular flexibility index (Phi) is 5.97. The van der Waals surface area contributed by atoms with Crippen LogP contribution < -0.4 is 5.32 Å². The first-order valence-corrected chi connectivity index (χ1v) is 8.23. The molecule has 0 spiro atoms. The molecule has 2 aliphatic rings. The van der Waals surface area contributed by atoms with E-state index in [0.29, 0.717) is 0 Å². The van der Waals surface area contributed by atoms with Gasteiger partial charge in [-0.15, -0.1) is 0 Å². The van der Waals surface area contributed by atoms with E-state index in [2.05, 4.69) is 24.1 Å². The first-order chi connectivity index (χ1) is 8.78. The summed E-state index contributed by atoms with van der Waals surface area (Å²) in [6.07, 6.45) is 9.95. The number of hydrogen-bond donors (Lipinski definition) is 1. The molecule has 1 aliphatic heterocycles. The molecule has 0 radical (unpaired) electrons. The van der Waals surface area contributed by atoms with Crippen molar-refractivity contribution in [3.05, 3.63) is 0 Å². The fourth-order valence-electron chi connectivity index (χ4n) is 3.61. The number of likely N-dealkylation sites (tertiary alicyclic amines) is 1. The molecule has 18 heavy (non-hydrogen) atoms. The van der Waals surface area contributed by atoms with Crippen LogP contribution in [0.3, 0.4) is 0 Å². The summed E-state index contributed by atoms with van der Waals surface area (Å²) in [7, 11) is 0. The van der Waals surface area contributed by atoms with Gasteiger partial charge in [-0.25, -0.2) is 0 Å². The number of nitrogens with one attached hydrogen (secondary N) is 1. The maximum atomic E-state index is 3.81. The van der Waals surface area contributed by atoms with Crippen LogP contribution in [0.2, 0.25) is 0 Å². The smallest absolute Gasteiger partial charge is 0.00673 e. The molecule has 2 rings (SSSR count). The molecular formula is C16H32N2. The predicted molar refractivity (Wildman–Crippen MR) is 78.9 cm³/mol. The second-order valence-electron chi connectivity index (χ2n) is 6.65. The normalized spacial score (nSPS) is 31.7. The van der Waals surface area contributed by atoms with Gasteiger partial charge in [0.1, 0.15) is 0 Å². The Morgan fingerprint density at radius 1 is 1.11 bits per heavy atom. The molecule has 106 valence electrons. The zero-order valence-corrected chi connectivity index (χ0v) is 12.5. The molecule has 2 nitrogen and oxygen atoms in total. The SMILES string of the molecule is CCC1CCC(NCC(C)CN2CCCC2)CC1. The summed E-state index contributed by atoms with van der Waals surface area (Å²) in [4.78, 5) is 2.64. The van der Waals surface area contributed by atoms with Crippen LogP contribution in [0.1, 0.15) is 58.8 Å². The molecule has 1 aliphatic carbocycles. The molecular weight excluding hydrogens is 220 g/mol. The molecule has 0 aromatic rings. The van der Waals surface area contributed by atoms with Crippen molar-refractivity contribution in [1.29, 1.82) is 0 Å². The van der Waals surface area contributed by atoms with E-state index in [0.717, 1.165) is 17.9 Å². The van der Waals surface area contributed by atoms with Crippen molar-refractivity contribution in [2.45, 2.75) is 64.8 Å². The van der Waals surface area contributed by atoms with Crippen LogP contribution in [0.4, 0.5) is 0 Å². The summed E-state index contributed by atoms with van der Waals surface area (Å²) in [6.45, 7) is 9.95. The van der Waals surface area contributed by atoms with Gasteiger partial charge in [-0.3, -0.25) is 0 Å². The van der Waals surface area contributed by atoms with Crippen molar-refractivity contribution in [3.8, 4) is 0 Å². The molecule has 0 aromatic carbocycles. The van der Waals surface area contributed by atoms with Gasteiger partial charge < -0.3 is 10.2 Å². The van der Waals surface area contributed by atoms with Crippen LogP contribution in [0.25, 0.3) is 0 Å². The van der Waals surface area contributed by atoms with E-state index >= 15 is 0 Å². The number of rotatable bonds is 6. The first kappa shape index (κ1) is 14.3. The predicted octanol–water partition coefficient (Wildman–Crippen LogP) is 3.28. The highest BCUT2D eigenvalue weighted by Gasteiger charge is 2.20. The Balaban J connectivity index is 1.56. The Labute approximate surface area is 114 Å².